The van der Waals surface area contributed by atoms with Gasteiger partial charge in [-0.15, -0.1) is 0 Å². The van der Waals surface area contributed by atoms with E-state index in [1.165, 1.54) is 0 Å². The van der Waals surface area contributed by atoms with Crippen LogP contribution in [0.3, 0.4) is 0 Å². The molecular formula is C17H26N2O3S. The lowest BCUT2D eigenvalue weighted by Gasteiger charge is -2.28. The van der Waals surface area contributed by atoms with Gasteiger partial charge in [-0.2, -0.15) is 0 Å². The van der Waals surface area contributed by atoms with Gasteiger partial charge in [-0.25, -0.2) is 8.42 Å². The van der Waals surface area contributed by atoms with Crippen LogP contribution in [0.2, 0.25) is 0 Å². The zero-order chi connectivity index (χ0) is 17.0. The first-order chi connectivity index (χ1) is 10.8. The maximum absolute atomic E-state index is 12.4. The minimum atomic E-state index is -2.91. The number of amides is 1. The number of sulfone groups is 1. The van der Waals surface area contributed by atoms with Gasteiger partial charge >= 0.3 is 0 Å². The third kappa shape index (κ3) is 5.04. The van der Waals surface area contributed by atoms with Crippen LogP contribution in [0, 0.1) is 12.8 Å². The molecule has 0 saturated carbocycles. The SMILES string of the molecule is Cc1ccccc1C(NC(=O)CN1CCS(=O)(=O)CC1)C(C)C. The maximum Gasteiger partial charge on any atom is 0.234 e. The lowest BCUT2D eigenvalue weighted by Crippen LogP contribution is -2.46. The highest BCUT2D eigenvalue weighted by Gasteiger charge is 2.25. The summed E-state index contributed by atoms with van der Waals surface area (Å²) in [4.78, 5) is 14.3. The molecule has 1 aromatic carbocycles. The first kappa shape index (κ1) is 17.9. The standard InChI is InChI=1S/C17H26N2O3S/c1-13(2)17(15-7-5-4-6-14(15)3)18-16(20)12-19-8-10-23(21,22)11-9-19/h4-7,13,17H,8-12H2,1-3H3,(H,18,20). The third-order valence-corrected chi connectivity index (χ3v) is 5.92. The van der Waals surface area contributed by atoms with E-state index in [1.807, 2.05) is 36.1 Å². The van der Waals surface area contributed by atoms with E-state index in [9.17, 15) is 13.2 Å². The van der Waals surface area contributed by atoms with Crippen LogP contribution < -0.4 is 5.32 Å². The summed E-state index contributed by atoms with van der Waals surface area (Å²) >= 11 is 0. The summed E-state index contributed by atoms with van der Waals surface area (Å²) in [7, 11) is -2.91. The molecule has 1 aromatic rings. The molecule has 1 amide bonds. The zero-order valence-electron chi connectivity index (χ0n) is 14.1. The van der Waals surface area contributed by atoms with Crippen molar-refractivity contribution < 1.29 is 13.2 Å². The fourth-order valence-electron chi connectivity index (χ4n) is 2.87. The summed E-state index contributed by atoms with van der Waals surface area (Å²) in [5, 5.41) is 3.11. The van der Waals surface area contributed by atoms with Gasteiger partial charge in [-0.1, -0.05) is 38.1 Å². The summed E-state index contributed by atoms with van der Waals surface area (Å²) in [6, 6.07) is 8.04. The van der Waals surface area contributed by atoms with Crippen molar-refractivity contribution >= 4 is 15.7 Å². The summed E-state index contributed by atoms with van der Waals surface area (Å²) in [5.41, 5.74) is 2.30. The minimum absolute atomic E-state index is 0.0303. The molecule has 2 rings (SSSR count). The lowest BCUT2D eigenvalue weighted by atomic mass is 9.92. The van der Waals surface area contributed by atoms with E-state index in [0.29, 0.717) is 13.1 Å². The van der Waals surface area contributed by atoms with Gasteiger partial charge in [0.15, 0.2) is 9.84 Å². The molecule has 0 aliphatic carbocycles. The highest BCUT2D eigenvalue weighted by Crippen LogP contribution is 2.24. The Kier molecular flexibility index (Phi) is 5.81. The Morgan fingerprint density at radius 2 is 1.83 bits per heavy atom. The van der Waals surface area contributed by atoms with Crippen molar-refractivity contribution in [2.75, 3.05) is 31.1 Å². The van der Waals surface area contributed by atoms with Crippen molar-refractivity contribution in [3.63, 3.8) is 0 Å². The van der Waals surface area contributed by atoms with Crippen molar-refractivity contribution in [1.82, 2.24) is 10.2 Å². The Hall–Kier alpha value is -1.40. The second kappa shape index (κ2) is 7.45. The van der Waals surface area contributed by atoms with Crippen molar-refractivity contribution in [2.45, 2.75) is 26.8 Å². The normalized spacial score (nSPS) is 19.5. The van der Waals surface area contributed by atoms with E-state index in [-0.39, 0.29) is 35.9 Å². The van der Waals surface area contributed by atoms with Gasteiger partial charge in [-0.05, 0) is 24.0 Å². The molecule has 1 aliphatic rings. The molecule has 1 saturated heterocycles. The zero-order valence-corrected chi connectivity index (χ0v) is 14.9. The number of nitrogens with one attached hydrogen (secondary N) is 1. The monoisotopic (exact) mass is 338 g/mol. The number of hydrogen-bond acceptors (Lipinski definition) is 4. The molecular weight excluding hydrogens is 312 g/mol. The molecule has 1 aliphatic heterocycles. The van der Waals surface area contributed by atoms with Crippen molar-refractivity contribution in [1.29, 1.82) is 0 Å². The fourth-order valence-corrected chi connectivity index (χ4v) is 4.15. The molecule has 0 radical (unpaired) electrons. The second-order valence-electron chi connectivity index (χ2n) is 6.57. The van der Waals surface area contributed by atoms with Crippen LogP contribution in [0.5, 0.6) is 0 Å². The molecule has 0 spiro atoms. The summed E-state index contributed by atoms with van der Waals surface area (Å²) in [5.74, 6) is 0.519. The molecule has 0 aromatic heterocycles. The number of benzene rings is 1. The highest BCUT2D eigenvalue weighted by molar-refractivity contribution is 7.91. The Labute approximate surface area is 139 Å². The van der Waals surface area contributed by atoms with E-state index in [2.05, 4.69) is 19.2 Å². The molecule has 1 unspecified atom stereocenters. The molecule has 1 atom stereocenters. The molecule has 128 valence electrons. The van der Waals surface area contributed by atoms with E-state index < -0.39 is 9.84 Å². The van der Waals surface area contributed by atoms with E-state index in [1.54, 1.807) is 0 Å². The molecule has 0 bridgehead atoms. The average Bonchev–Trinajstić information content (AvgIpc) is 2.48. The Morgan fingerprint density at radius 1 is 1.22 bits per heavy atom. The van der Waals surface area contributed by atoms with Gasteiger partial charge < -0.3 is 5.32 Å². The van der Waals surface area contributed by atoms with Crippen molar-refractivity contribution in [3.8, 4) is 0 Å². The van der Waals surface area contributed by atoms with E-state index >= 15 is 0 Å². The summed E-state index contributed by atoms with van der Waals surface area (Å²) in [6.07, 6.45) is 0. The highest BCUT2D eigenvalue weighted by atomic mass is 32.2. The maximum atomic E-state index is 12.4. The van der Waals surface area contributed by atoms with Gasteiger partial charge in [0.1, 0.15) is 0 Å². The number of rotatable bonds is 5. The topological polar surface area (TPSA) is 66.5 Å². The Morgan fingerprint density at radius 3 is 2.39 bits per heavy atom. The lowest BCUT2D eigenvalue weighted by molar-refractivity contribution is -0.123. The number of aryl methyl sites for hydroxylation is 1. The Balaban J connectivity index is 1.98. The van der Waals surface area contributed by atoms with Gasteiger partial charge in [0.2, 0.25) is 5.91 Å². The number of carbonyl (C=O) groups is 1. The van der Waals surface area contributed by atoms with Crippen LogP contribution in [0.15, 0.2) is 24.3 Å². The van der Waals surface area contributed by atoms with Crippen LogP contribution in [0.25, 0.3) is 0 Å². The number of nitrogens with zero attached hydrogens (tertiary/aromatic N) is 1. The number of carbonyl (C=O) groups excluding carboxylic acids is 1. The minimum Gasteiger partial charge on any atom is -0.348 e. The first-order valence-electron chi connectivity index (χ1n) is 8.06. The van der Waals surface area contributed by atoms with Crippen molar-refractivity contribution in [3.05, 3.63) is 35.4 Å². The van der Waals surface area contributed by atoms with Gasteiger partial charge in [0.25, 0.3) is 0 Å². The molecule has 5 nitrogen and oxygen atoms in total. The van der Waals surface area contributed by atoms with Crippen molar-refractivity contribution in [2.24, 2.45) is 5.92 Å². The van der Waals surface area contributed by atoms with Gasteiger partial charge in [-0.3, -0.25) is 9.69 Å². The van der Waals surface area contributed by atoms with Crippen LogP contribution in [0.1, 0.15) is 31.0 Å². The average molecular weight is 338 g/mol. The summed E-state index contributed by atoms with van der Waals surface area (Å²) in [6.45, 7) is 7.35. The van der Waals surface area contributed by atoms with E-state index in [0.717, 1.165) is 11.1 Å². The molecule has 1 fully saturated rings. The smallest absolute Gasteiger partial charge is 0.234 e. The number of hydrogen-bond donors (Lipinski definition) is 1. The van der Waals surface area contributed by atoms with Gasteiger partial charge in [0, 0.05) is 13.1 Å². The second-order valence-corrected chi connectivity index (χ2v) is 8.88. The van der Waals surface area contributed by atoms with Gasteiger partial charge in [0.05, 0.1) is 24.1 Å². The molecule has 1 heterocycles. The van der Waals surface area contributed by atoms with Crippen LogP contribution in [-0.2, 0) is 14.6 Å². The van der Waals surface area contributed by atoms with Crippen LogP contribution >= 0.6 is 0 Å². The van der Waals surface area contributed by atoms with E-state index in [4.69, 9.17) is 0 Å². The predicted octanol–water partition coefficient (Wildman–Crippen LogP) is 1.54. The molecule has 23 heavy (non-hydrogen) atoms. The van der Waals surface area contributed by atoms with Crippen LogP contribution in [0.4, 0.5) is 0 Å². The van der Waals surface area contributed by atoms with Crippen LogP contribution in [-0.4, -0.2) is 50.4 Å². The fraction of sp³-hybridized carbons (Fsp3) is 0.588. The third-order valence-electron chi connectivity index (χ3n) is 4.31. The Bertz CT molecular complexity index is 642. The summed E-state index contributed by atoms with van der Waals surface area (Å²) < 4.78 is 22.9. The first-order valence-corrected chi connectivity index (χ1v) is 9.88. The predicted molar refractivity (Wildman–Crippen MR) is 92.0 cm³/mol. The quantitative estimate of drug-likeness (QED) is 0.884. The largest absolute Gasteiger partial charge is 0.348 e. The molecule has 6 heteroatoms. The molecule has 1 N–H and O–H groups in total.